The van der Waals surface area contributed by atoms with Gasteiger partial charge < -0.3 is 14.2 Å². The Bertz CT molecular complexity index is 1060. The number of ether oxygens (including phenoxy) is 3. The molecule has 0 bridgehead atoms. The zero-order valence-electron chi connectivity index (χ0n) is 17.0. The lowest BCUT2D eigenvalue weighted by molar-refractivity contribution is -0.194. The van der Waals surface area contributed by atoms with Crippen molar-refractivity contribution in [1.82, 2.24) is 0 Å². The zero-order valence-corrected chi connectivity index (χ0v) is 21.5. The van der Waals surface area contributed by atoms with Crippen LogP contribution < -0.4 is 0 Å². The van der Waals surface area contributed by atoms with Crippen LogP contribution in [-0.4, -0.2) is 18.4 Å². The summed E-state index contributed by atoms with van der Waals surface area (Å²) >= 11 is 11.3. The van der Waals surface area contributed by atoms with E-state index in [4.69, 9.17) is 25.8 Å². The maximum absolute atomic E-state index is 13.2. The van der Waals surface area contributed by atoms with Crippen molar-refractivity contribution in [3.05, 3.63) is 103 Å². The summed E-state index contributed by atoms with van der Waals surface area (Å²) < 4.78 is 17.6. The first-order valence-corrected chi connectivity index (χ1v) is 11.8. The second-order valence-electron chi connectivity index (χ2n) is 6.81. The molecule has 1 atom stereocenters. The quantitative estimate of drug-likeness (QED) is 0.0999. The molecule has 1 unspecified atom stereocenters. The minimum absolute atomic E-state index is 0.0302. The lowest BCUT2D eigenvalue weighted by atomic mass is 9.93. The Balaban J connectivity index is 1.90. The van der Waals surface area contributed by atoms with Crippen LogP contribution in [0.5, 0.6) is 0 Å². The minimum atomic E-state index is -2.42. The standard InChI is InChI=1S/C24H17BrClIO6/c25-19-7-1-16(2-8-19)13-31-22(29)24(33-15-28,18-5-11-21(27)12-6-18)23(30)32-14-17-3-9-20(26)10-4-17/h1-12,15H,13-14H2. The van der Waals surface area contributed by atoms with Crippen LogP contribution in [0.2, 0.25) is 5.02 Å². The van der Waals surface area contributed by atoms with Crippen LogP contribution >= 0.6 is 50.1 Å². The van der Waals surface area contributed by atoms with Gasteiger partial charge in [0, 0.05) is 18.6 Å². The van der Waals surface area contributed by atoms with Gasteiger partial charge in [-0.05, 0) is 70.1 Å². The molecule has 0 amide bonds. The summed E-state index contributed by atoms with van der Waals surface area (Å²) in [7, 11) is 0. The Morgan fingerprint density at radius 2 is 1.33 bits per heavy atom. The van der Waals surface area contributed by atoms with Gasteiger partial charge in [0.2, 0.25) is 0 Å². The summed E-state index contributed by atoms with van der Waals surface area (Å²) in [6.07, 6.45) is 0. The molecule has 3 aromatic carbocycles. The van der Waals surface area contributed by atoms with E-state index < -0.39 is 17.5 Å². The molecule has 170 valence electrons. The molecule has 0 spiro atoms. The summed E-state index contributed by atoms with van der Waals surface area (Å²) in [5.41, 5.74) is -0.993. The second-order valence-corrected chi connectivity index (χ2v) is 9.41. The van der Waals surface area contributed by atoms with E-state index in [0.717, 1.165) is 8.04 Å². The normalized spacial score (nSPS) is 12.3. The lowest BCUT2D eigenvalue weighted by Crippen LogP contribution is -2.48. The van der Waals surface area contributed by atoms with Crippen molar-refractivity contribution in [2.75, 3.05) is 0 Å². The van der Waals surface area contributed by atoms with Crippen molar-refractivity contribution in [1.29, 1.82) is 0 Å². The van der Waals surface area contributed by atoms with Gasteiger partial charge in [0.25, 0.3) is 6.47 Å². The number of esters is 2. The van der Waals surface area contributed by atoms with E-state index in [1.807, 2.05) is 0 Å². The fraction of sp³-hybridized carbons (Fsp3) is 0.125. The van der Waals surface area contributed by atoms with Crippen molar-refractivity contribution < 1.29 is 28.6 Å². The van der Waals surface area contributed by atoms with Crippen LogP contribution in [0.15, 0.2) is 77.3 Å². The van der Waals surface area contributed by atoms with Crippen LogP contribution in [0, 0.1) is 3.57 Å². The maximum Gasteiger partial charge on any atom is 0.367 e. The van der Waals surface area contributed by atoms with Gasteiger partial charge in [0.1, 0.15) is 13.2 Å². The highest BCUT2D eigenvalue weighted by Crippen LogP contribution is 2.31. The lowest BCUT2D eigenvalue weighted by Gasteiger charge is -2.28. The third-order valence-electron chi connectivity index (χ3n) is 4.62. The number of hydrogen-bond acceptors (Lipinski definition) is 6. The van der Waals surface area contributed by atoms with Gasteiger partial charge >= 0.3 is 17.5 Å². The van der Waals surface area contributed by atoms with Gasteiger partial charge in [-0.2, -0.15) is 0 Å². The van der Waals surface area contributed by atoms with E-state index in [1.54, 1.807) is 60.7 Å². The summed E-state index contributed by atoms with van der Waals surface area (Å²) in [6, 6.07) is 20.1. The molecule has 3 rings (SSSR count). The van der Waals surface area contributed by atoms with Gasteiger partial charge in [-0.3, -0.25) is 4.79 Å². The molecule has 0 fully saturated rings. The van der Waals surface area contributed by atoms with Gasteiger partial charge in [0.15, 0.2) is 0 Å². The molecule has 33 heavy (non-hydrogen) atoms. The van der Waals surface area contributed by atoms with Crippen LogP contribution in [0.1, 0.15) is 16.7 Å². The van der Waals surface area contributed by atoms with E-state index in [2.05, 4.69) is 38.5 Å². The van der Waals surface area contributed by atoms with E-state index in [1.165, 1.54) is 12.1 Å². The zero-order chi connectivity index (χ0) is 23.8. The molecular weight excluding hydrogens is 627 g/mol. The minimum Gasteiger partial charge on any atom is -0.457 e. The summed E-state index contributed by atoms with van der Waals surface area (Å²) in [5.74, 6) is -2.15. The van der Waals surface area contributed by atoms with E-state index >= 15 is 0 Å². The smallest absolute Gasteiger partial charge is 0.367 e. The first kappa shape index (κ1) is 25.2. The number of carbonyl (C=O) groups is 3. The molecule has 0 aliphatic rings. The number of halogens is 3. The van der Waals surface area contributed by atoms with Gasteiger partial charge in [-0.15, -0.1) is 0 Å². The first-order chi connectivity index (χ1) is 15.8. The Labute approximate surface area is 217 Å². The van der Waals surface area contributed by atoms with E-state index in [-0.39, 0.29) is 25.2 Å². The monoisotopic (exact) mass is 642 g/mol. The highest BCUT2D eigenvalue weighted by atomic mass is 127. The molecule has 0 N–H and O–H groups in total. The number of carbonyl (C=O) groups excluding carboxylic acids is 3. The molecule has 3 aromatic rings. The SMILES string of the molecule is O=COC(C(=O)OCc1ccc(Cl)cc1)(C(=O)OCc1ccc(Br)cc1)c1ccc(I)cc1. The van der Waals surface area contributed by atoms with Gasteiger partial charge in [-0.25, -0.2) is 9.59 Å². The molecule has 6 nitrogen and oxygen atoms in total. The van der Waals surface area contributed by atoms with Gasteiger partial charge in [-0.1, -0.05) is 63.9 Å². The van der Waals surface area contributed by atoms with E-state index in [9.17, 15) is 14.4 Å². The highest BCUT2D eigenvalue weighted by Gasteiger charge is 2.54. The molecule has 9 heteroatoms. The second kappa shape index (κ2) is 11.6. The van der Waals surface area contributed by atoms with Crippen molar-refractivity contribution in [2.24, 2.45) is 0 Å². The summed E-state index contributed by atoms with van der Waals surface area (Å²) in [6.45, 7) is -0.266. The number of rotatable bonds is 9. The molecule has 0 radical (unpaired) electrons. The predicted molar refractivity (Wildman–Crippen MR) is 133 cm³/mol. The first-order valence-electron chi connectivity index (χ1n) is 9.56. The van der Waals surface area contributed by atoms with E-state index in [0.29, 0.717) is 16.1 Å². The van der Waals surface area contributed by atoms with Crippen molar-refractivity contribution in [3.8, 4) is 0 Å². The molecule has 0 aliphatic heterocycles. The van der Waals surface area contributed by atoms with Crippen molar-refractivity contribution in [2.45, 2.75) is 18.8 Å². The molecule has 0 saturated carbocycles. The molecule has 0 aromatic heterocycles. The Morgan fingerprint density at radius 1 is 0.848 bits per heavy atom. The number of benzene rings is 3. The fourth-order valence-electron chi connectivity index (χ4n) is 2.90. The molecule has 0 heterocycles. The summed E-state index contributed by atoms with van der Waals surface area (Å²) in [5, 5.41) is 0.527. The fourth-order valence-corrected chi connectivity index (χ4v) is 3.65. The third kappa shape index (κ3) is 6.33. The predicted octanol–water partition coefficient (Wildman–Crippen LogP) is 5.56. The van der Waals surface area contributed by atoms with Gasteiger partial charge in [0.05, 0.1) is 0 Å². The third-order valence-corrected chi connectivity index (χ3v) is 6.12. The van der Waals surface area contributed by atoms with Crippen LogP contribution in [0.4, 0.5) is 0 Å². The Morgan fingerprint density at radius 3 is 1.82 bits per heavy atom. The topological polar surface area (TPSA) is 78.9 Å². The molecular formula is C24H17BrClIO6. The Kier molecular flexibility index (Phi) is 8.87. The molecule has 0 aliphatic carbocycles. The largest absolute Gasteiger partial charge is 0.457 e. The average molecular weight is 644 g/mol. The summed E-state index contributed by atoms with van der Waals surface area (Å²) in [4.78, 5) is 37.9. The average Bonchev–Trinajstić information content (AvgIpc) is 2.82. The number of hydrogen-bond donors (Lipinski definition) is 0. The molecule has 0 saturated heterocycles. The van der Waals surface area contributed by atoms with Crippen LogP contribution in [-0.2, 0) is 47.4 Å². The van der Waals surface area contributed by atoms with Crippen LogP contribution in [0.3, 0.4) is 0 Å². The van der Waals surface area contributed by atoms with Crippen LogP contribution in [0.25, 0.3) is 0 Å². The Hall–Kier alpha value is -2.43. The maximum atomic E-state index is 13.2. The van der Waals surface area contributed by atoms with Crippen molar-refractivity contribution in [3.63, 3.8) is 0 Å². The highest BCUT2D eigenvalue weighted by molar-refractivity contribution is 14.1. The van der Waals surface area contributed by atoms with Crippen molar-refractivity contribution >= 4 is 68.5 Å².